The predicted octanol–water partition coefficient (Wildman–Crippen LogP) is 3.95. The predicted molar refractivity (Wildman–Crippen MR) is 121 cm³/mol. The average molecular weight is 432 g/mol. The first-order chi connectivity index (χ1) is 15.4. The van der Waals surface area contributed by atoms with Crippen LogP contribution in [-0.2, 0) is 0 Å². The summed E-state index contributed by atoms with van der Waals surface area (Å²) in [5.74, 6) is 0.666. The van der Waals surface area contributed by atoms with E-state index in [1.807, 2.05) is 43.9 Å². The number of benzene rings is 1. The number of piperidine rings is 1. The molecule has 32 heavy (non-hydrogen) atoms. The van der Waals surface area contributed by atoms with Gasteiger partial charge in [0.15, 0.2) is 0 Å². The van der Waals surface area contributed by atoms with Gasteiger partial charge in [-0.25, -0.2) is 14.4 Å². The molecule has 7 heteroatoms. The molecule has 4 heterocycles. The molecule has 2 fully saturated rings. The Morgan fingerprint density at radius 1 is 1.06 bits per heavy atom. The number of halogens is 1. The highest BCUT2D eigenvalue weighted by Crippen LogP contribution is 2.36. The van der Waals surface area contributed by atoms with Crippen LogP contribution in [0.25, 0.3) is 11.3 Å². The van der Waals surface area contributed by atoms with Crippen molar-refractivity contribution in [3.05, 3.63) is 70.9 Å². The molecule has 0 spiro atoms. The number of pyridine rings is 1. The van der Waals surface area contributed by atoms with E-state index >= 15 is 0 Å². The molecule has 0 aliphatic carbocycles. The van der Waals surface area contributed by atoms with Crippen LogP contribution in [0.5, 0.6) is 0 Å². The Bertz CT molecular complexity index is 1180. The van der Waals surface area contributed by atoms with Crippen LogP contribution >= 0.6 is 0 Å². The Morgan fingerprint density at radius 3 is 2.59 bits per heavy atom. The topological polar surface area (TPSA) is 62.2 Å². The molecular weight excluding hydrogens is 405 g/mol. The van der Waals surface area contributed by atoms with Gasteiger partial charge in [-0.15, -0.1) is 0 Å². The third-order valence-corrected chi connectivity index (χ3v) is 6.56. The van der Waals surface area contributed by atoms with Crippen molar-refractivity contribution in [3.8, 4) is 11.3 Å². The van der Waals surface area contributed by atoms with Crippen molar-refractivity contribution in [1.82, 2.24) is 19.9 Å². The van der Waals surface area contributed by atoms with E-state index < -0.39 is 5.82 Å². The third-order valence-electron chi connectivity index (χ3n) is 6.56. The highest BCUT2D eigenvalue weighted by atomic mass is 19.1. The number of amides is 1. The first-order valence-electron chi connectivity index (χ1n) is 11.0. The van der Waals surface area contributed by atoms with Crippen LogP contribution in [0.4, 0.5) is 10.3 Å². The van der Waals surface area contributed by atoms with E-state index in [0.717, 1.165) is 35.9 Å². The summed E-state index contributed by atoms with van der Waals surface area (Å²) >= 11 is 0. The van der Waals surface area contributed by atoms with Crippen LogP contribution in [0.3, 0.4) is 0 Å². The second kappa shape index (κ2) is 7.97. The van der Waals surface area contributed by atoms with Gasteiger partial charge in [0, 0.05) is 48.7 Å². The summed E-state index contributed by atoms with van der Waals surface area (Å²) < 4.78 is 14.9. The largest absolute Gasteiger partial charge is 0.337 e. The summed E-state index contributed by atoms with van der Waals surface area (Å²) in [7, 11) is 0. The van der Waals surface area contributed by atoms with Crippen LogP contribution < -0.4 is 4.90 Å². The van der Waals surface area contributed by atoms with Crippen molar-refractivity contribution in [1.29, 1.82) is 0 Å². The minimum atomic E-state index is -0.429. The van der Waals surface area contributed by atoms with E-state index in [1.165, 1.54) is 6.07 Å². The zero-order chi connectivity index (χ0) is 22.4. The quantitative estimate of drug-likeness (QED) is 0.628. The Kier molecular flexibility index (Phi) is 5.12. The number of rotatable bonds is 3. The number of fused-ring (bicyclic) bond motifs is 1. The zero-order valence-corrected chi connectivity index (χ0v) is 18.5. The highest BCUT2D eigenvalue weighted by Gasteiger charge is 2.45. The number of hydrogen-bond acceptors (Lipinski definition) is 5. The molecule has 2 aromatic heterocycles. The molecule has 2 aliphatic heterocycles. The number of likely N-dealkylation sites (tertiary alicyclic amines) is 1. The van der Waals surface area contributed by atoms with E-state index in [4.69, 9.17) is 0 Å². The molecule has 0 saturated carbocycles. The standard InChI is InChI=1S/C25H26FN5O/c1-15-6-5-10-27-23(15)22-19(7-4-8-20(22)26)24(32)30-11-9-18-13-31(21(18)14-30)25-28-16(2)12-17(3)29-25/h4-8,10,12,18,21H,9,11,13-14H2,1-3H3. The smallest absolute Gasteiger partial charge is 0.254 e. The van der Waals surface area contributed by atoms with Crippen LogP contribution in [-0.4, -0.2) is 51.4 Å². The highest BCUT2D eigenvalue weighted by molar-refractivity contribution is 6.01. The molecule has 0 N–H and O–H groups in total. The van der Waals surface area contributed by atoms with E-state index in [2.05, 4.69) is 19.9 Å². The van der Waals surface area contributed by atoms with Gasteiger partial charge < -0.3 is 9.80 Å². The Labute approximate surface area is 187 Å². The Hall–Kier alpha value is -3.35. The number of aromatic nitrogens is 3. The van der Waals surface area contributed by atoms with Crippen molar-refractivity contribution in [2.45, 2.75) is 33.2 Å². The Morgan fingerprint density at radius 2 is 1.84 bits per heavy atom. The summed E-state index contributed by atoms with van der Waals surface area (Å²) in [5, 5.41) is 0. The number of carbonyl (C=O) groups is 1. The van der Waals surface area contributed by atoms with Crippen molar-refractivity contribution < 1.29 is 9.18 Å². The van der Waals surface area contributed by atoms with Crippen molar-refractivity contribution in [3.63, 3.8) is 0 Å². The normalized spacial score (nSPS) is 20.0. The first-order valence-corrected chi connectivity index (χ1v) is 11.0. The van der Waals surface area contributed by atoms with Gasteiger partial charge in [0.25, 0.3) is 5.91 Å². The van der Waals surface area contributed by atoms with Crippen molar-refractivity contribution >= 4 is 11.9 Å². The monoisotopic (exact) mass is 431 g/mol. The van der Waals surface area contributed by atoms with Gasteiger partial charge in [0.2, 0.25) is 5.95 Å². The zero-order valence-electron chi connectivity index (χ0n) is 18.5. The number of anilines is 1. The third kappa shape index (κ3) is 3.51. The van der Waals surface area contributed by atoms with Gasteiger partial charge in [-0.2, -0.15) is 0 Å². The number of nitrogens with zero attached hydrogens (tertiary/aromatic N) is 5. The maximum Gasteiger partial charge on any atom is 0.254 e. The number of carbonyl (C=O) groups excluding carboxylic acids is 1. The minimum absolute atomic E-state index is 0.156. The molecule has 0 radical (unpaired) electrons. The molecule has 2 saturated heterocycles. The molecule has 0 bridgehead atoms. The van der Waals surface area contributed by atoms with Gasteiger partial charge in [-0.3, -0.25) is 9.78 Å². The summed E-state index contributed by atoms with van der Waals surface area (Å²) in [6.45, 7) is 7.97. The molecular formula is C25H26FN5O. The Balaban J connectivity index is 1.43. The van der Waals surface area contributed by atoms with E-state index in [-0.39, 0.29) is 17.5 Å². The molecule has 3 aromatic rings. The number of hydrogen-bond donors (Lipinski definition) is 0. The molecule has 2 unspecified atom stereocenters. The fourth-order valence-corrected chi connectivity index (χ4v) is 4.91. The lowest BCUT2D eigenvalue weighted by molar-refractivity contribution is 0.0589. The molecule has 2 aliphatic rings. The van der Waals surface area contributed by atoms with Crippen LogP contribution in [0.15, 0.2) is 42.6 Å². The van der Waals surface area contributed by atoms with Gasteiger partial charge in [-0.1, -0.05) is 12.1 Å². The molecule has 1 amide bonds. The van der Waals surface area contributed by atoms with Crippen molar-refractivity contribution in [2.75, 3.05) is 24.5 Å². The summed E-state index contributed by atoms with van der Waals surface area (Å²) in [4.78, 5) is 31.2. The van der Waals surface area contributed by atoms with Gasteiger partial charge >= 0.3 is 0 Å². The lowest BCUT2D eigenvalue weighted by atomic mass is 9.82. The van der Waals surface area contributed by atoms with Gasteiger partial charge in [0.05, 0.1) is 17.3 Å². The van der Waals surface area contributed by atoms with Crippen molar-refractivity contribution in [2.24, 2.45) is 5.92 Å². The first kappa shape index (κ1) is 20.5. The maximum absolute atomic E-state index is 14.9. The SMILES string of the molecule is Cc1cc(C)nc(N2CC3CCN(C(=O)c4cccc(F)c4-c4ncccc4C)CC32)n1. The van der Waals surface area contributed by atoms with Crippen LogP contribution in [0.2, 0.25) is 0 Å². The molecule has 164 valence electrons. The second-order valence-electron chi connectivity index (χ2n) is 8.80. The number of aryl methyl sites for hydroxylation is 3. The van der Waals surface area contributed by atoms with Gasteiger partial charge in [-0.05, 0) is 57.0 Å². The minimum Gasteiger partial charge on any atom is -0.337 e. The summed E-state index contributed by atoms with van der Waals surface area (Å²) in [6, 6.07) is 10.5. The maximum atomic E-state index is 14.9. The fourth-order valence-electron chi connectivity index (χ4n) is 4.91. The average Bonchev–Trinajstić information content (AvgIpc) is 2.74. The molecule has 5 rings (SSSR count). The van der Waals surface area contributed by atoms with E-state index in [1.54, 1.807) is 18.3 Å². The van der Waals surface area contributed by atoms with E-state index in [9.17, 15) is 9.18 Å². The lowest BCUT2D eigenvalue weighted by Crippen LogP contribution is -2.65. The second-order valence-corrected chi connectivity index (χ2v) is 8.80. The fraction of sp³-hybridized carbons (Fsp3) is 0.360. The molecule has 1 aromatic carbocycles. The summed E-state index contributed by atoms with van der Waals surface area (Å²) in [6.07, 6.45) is 2.55. The molecule has 2 atom stereocenters. The summed E-state index contributed by atoms with van der Waals surface area (Å²) in [5.41, 5.74) is 3.87. The van der Waals surface area contributed by atoms with Gasteiger partial charge in [0.1, 0.15) is 5.82 Å². The van der Waals surface area contributed by atoms with E-state index in [0.29, 0.717) is 30.3 Å². The molecule has 6 nitrogen and oxygen atoms in total. The van der Waals surface area contributed by atoms with Crippen LogP contribution in [0.1, 0.15) is 33.7 Å². The van der Waals surface area contributed by atoms with Crippen LogP contribution in [0, 0.1) is 32.5 Å². The lowest BCUT2D eigenvalue weighted by Gasteiger charge is -2.53.